The van der Waals surface area contributed by atoms with Crippen LogP contribution >= 0.6 is 0 Å². The van der Waals surface area contributed by atoms with E-state index < -0.39 is 0 Å². The van der Waals surface area contributed by atoms with Crippen LogP contribution in [0, 0.1) is 12.1 Å². The maximum absolute atomic E-state index is 3.38. The average Bonchev–Trinajstić information content (AvgIpc) is 3.09. The van der Waals surface area contributed by atoms with E-state index in [1.54, 1.807) is 0 Å². The Morgan fingerprint density at radius 1 is 1.12 bits per heavy atom. The molecule has 0 aliphatic heterocycles. The molecule has 135 valence electrons. The molecule has 0 aromatic heterocycles. The predicted molar refractivity (Wildman–Crippen MR) is 102 cm³/mol. The summed E-state index contributed by atoms with van der Waals surface area (Å²) in [4.78, 5) is 0. The van der Waals surface area contributed by atoms with Gasteiger partial charge in [0.2, 0.25) is 0 Å². The molecule has 0 fully saturated rings. The molecule has 2 aliphatic carbocycles. The molecule has 0 N–H and O–H groups in total. The van der Waals surface area contributed by atoms with Gasteiger partial charge in [0, 0.05) is 9.52 Å². The number of halogens is 2. The zero-order valence-electron chi connectivity index (χ0n) is 16.2. The third-order valence-electron chi connectivity index (χ3n) is 3.37. The third-order valence-corrected chi connectivity index (χ3v) is 3.37. The molecule has 0 spiro atoms. The fourth-order valence-corrected chi connectivity index (χ4v) is 2.21. The van der Waals surface area contributed by atoms with Crippen molar-refractivity contribution >= 4 is 15.6 Å². The van der Waals surface area contributed by atoms with E-state index in [4.69, 9.17) is 0 Å². The minimum Gasteiger partial charge on any atom is -1.00 e. The average molecular weight is 472 g/mol. The van der Waals surface area contributed by atoms with Gasteiger partial charge in [0.25, 0.3) is 0 Å². The quantitative estimate of drug-likeness (QED) is 0.356. The Morgan fingerprint density at radius 2 is 1.72 bits per heavy atom. The first-order chi connectivity index (χ1) is 10.4. The monoisotopic (exact) mass is 469 g/mol. The number of benzene rings is 1. The van der Waals surface area contributed by atoms with Crippen LogP contribution < -0.4 is 24.8 Å². The van der Waals surface area contributed by atoms with Gasteiger partial charge < -0.3 is 24.8 Å². The minimum absolute atomic E-state index is 0. The van der Waals surface area contributed by atoms with Gasteiger partial charge in [-0.2, -0.15) is 6.08 Å². The van der Waals surface area contributed by atoms with E-state index in [2.05, 4.69) is 77.2 Å². The van der Waals surface area contributed by atoms with E-state index in [9.17, 15) is 0 Å². The van der Waals surface area contributed by atoms with Crippen molar-refractivity contribution in [2.75, 3.05) is 0 Å². The van der Waals surface area contributed by atoms with Crippen molar-refractivity contribution in [3.05, 3.63) is 64.8 Å². The Labute approximate surface area is 189 Å². The van der Waals surface area contributed by atoms with Gasteiger partial charge in [0.05, 0.1) is 0 Å². The van der Waals surface area contributed by atoms with Crippen LogP contribution in [0.25, 0.3) is 6.08 Å². The van der Waals surface area contributed by atoms with Gasteiger partial charge >= 0.3 is 26.2 Å². The maximum Gasteiger partial charge on any atom is 4.00 e. The molecular weight excluding hydrogens is 442 g/mol. The first kappa shape index (κ1) is 29.9. The maximum atomic E-state index is 3.38. The van der Waals surface area contributed by atoms with Crippen molar-refractivity contribution < 1.29 is 51.0 Å². The summed E-state index contributed by atoms with van der Waals surface area (Å²) in [6.45, 7) is 13.3. The number of allylic oxidation sites excluding steroid dienone is 5. The Balaban J connectivity index is -0.000000375. The van der Waals surface area contributed by atoms with Crippen molar-refractivity contribution in [2.45, 2.75) is 59.0 Å². The summed E-state index contributed by atoms with van der Waals surface area (Å²) in [5.74, 6) is 0. The van der Waals surface area contributed by atoms with Crippen molar-refractivity contribution in [1.29, 1.82) is 0 Å². The smallest absolute Gasteiger partial charge is 1.00 e. The summed E-state index contributed by atoms with van der Waals surface area (Å²) >= 11 is 0. The van der Waals surface area contributed by atoms with E-state index in [1.165, 1.54) is 22.3 Å². The molecule has 4 heteroatoms. The number of hydrogen-bond acceptors (Lipinski definition) is 0. The van der Waals surface area contributed by atoms with Gasteiger partial charge in [-0.25, -0.2) is 12.2 Å². The second-order valence-corrected chi connectivity index (χ2v) is 7.98. The fraction of sp³-hybridized carbons (Fsp3) is 0.429. The minimum atomic E-state index is 0. The van der Waals surface area contributed by atoms with Crippen LogP contribution in [0.15, 0.2) is 35.9 Å². The molecule has 0 unspecified atom stereocenters. The SMILES string of the molecule is CC1=Cc2[c-]cc(C(C)(C)C)cc2C1.C[SiH]C.[C-]1=CC=CC1.[Cl-].[Cl-].[Zr+4]. The molecule has 1 aromatic carbocycles. The van der Waals surface area contributed by atoms with Crippen molar-refractivity contribution in [3.63, 3.8) is 0 Å². The van der Waals surface area contributed by atoms with Gasteiger partial charge in [-0.15, -0.1) is 53.0 Å². The Bertz CT molecular complexity index is 560. The molecule has 1 radical (unpaired) electrons. The van der Waals surface area contributed by atoms with E-state index in [0.717, 1.165) is 22.4 Å². The van der Waals surface area contributed by atoms with Crippen LogP contribution in [0.5, 0.6) is 0 Å². The first-order valence-corrected chi connectivity index (χ1v) is 10.4. The van der Waals surface area contributed by atoms with Gasteiger partial charge in [-0.05, 0) is 11.8 Å². The summed E-state index contributed by atoms with van der Waals surface area (Å²) in [6, 6.07) is 7.84. The van der Waals surface area contributed by atoms with E-state index >= 15 is 0 Å². The van der Waals surface area contributed by atoms with E-state index in [0.29, 0.717) is 0 Å². The number of hydrogen-bond donors (Lipinski definition) is 0. The standard InChI is InChI=1S/C14H17.C5H5.C2H7Si.2ClH.Zr/c1-10-7-11-5-6-13(14(2,3)4)9-12(11)8-10;1-2-4-5-3-1;1-3-2;;;/h6-7,9H,8H2,1-4H3;1-3H,4H2;3H,1-2H3;2*1H;/q2*-1;;;;+4/p-2. The molecule has 1 aromatic rings. The Morgan fingerprint density at radius 3 is 2.12 bits per heavy atom. The van der Waals surface area contributed by atoms with Crippen LogP contribution in [-0.2, 0) is 38.0 Å². The van der Waals surface area contributed by atoms with Crippen molar-refractivity contribution in [2.24, 2.45) is 0 Å². The van der Waals surface area contributed by atoms with Crippen LogP contribution in [0.1, 0.15) is 50.8 Å². The molecular formula is C21H29Cl2SiZr. The molecule has 0 bridgehead atoms. The predicted octanol–water partition coefficient (Wildman–Crippen LogP) is -0.426. The zero-order chi connectivity index (χ0) is 16.6. The normalized spacial score (nSPS) is 12.8. The summed E-state index contributed by atoms with van der Waals surface area (Å²) in [5, 5.41) is 0. The van der Waals surface area contributed by atoms with Crippen LogP contribution in [0.4, 0.5) is 0 Å². The first-order valence-electron chi connectivity index (χ1n) is 8.06. The molecule has 3 rings (SSSR count). The van der Waals surface area contributed by atoms with Gasteiger partial charge in [0.15, 0.2) is 0 Å². The Kier molecular flexibility index (Phi) is 18.2. The van der Waals surface area contributed by atoms with E-state index in [1.807, 2.05) is 12.2 Å². The molecule has 25 heavy (non-hydrogen) atoms. The van der Waals surface area contributed by atoms with Crippen molar-refractivity contribution in [1.82, 2.24) is 0 Å². The number of rotatable bonds is 0. The molecule has 0 heterocycles. The summed E-state index contributed by atoms with van der Waals surface area (Å²) in [5.41, 5.74) is 5.80. The summed E-state index contributed by atoms with van der Waals surface area (Å²) in [7, 11) is 0.750. The molecule has 2 aliphatic rings. The molecule has 0 saturated heterocycles. The van der Waals surface area contributed by atoms with E-state index in [-0.39, 0.29) is 56.4 Å². The summed E-state index contributed by atoms with van der Waals surface area (Å²) in [6.07, 6.45) is 13.3. The van der Waals surface area contributed by atoms with Crippen LogP contribution in [0.3, 0.4) is 0 Å². The molecule has 0 atom stereocenters. The zero-order valence-corrected chi connectivity index (χ0v) is 21.3. The fourth-order valence-electron chi connectivity index (χ4n) is 2.21. The molecule has 0 nitrogen and oxygen atoms in total. The second kappa shape index (κ2) is 15.2. The number of fused-ring (bicyclic) bond motifs is 1. The topological polar surface area (TPSA) is 0 Å². The van der Waals surface area contributed by atoms with Crippen molar-refractivity contribution in [3.8, 4) is 0 Å². The summed E-state index contributed by atoms with van der Waals surface area (Å²) < 4.78 is 0. The van der Waals surface area contributed by atoms with Crippen LogP contribution in [0.2, 0.25) is 13.1 Å². The molecule has 0 amide bonds. The third kappa shape index (κ3) is 11.4. The van der Waals surface area contributed by atoms with Gasteiger partial charge in [-0.1, -0.05) is 40.8 Å². The molecule has 0 saturated carbocycles. The largest absolute Gasteiger partial charge is 4.00 e. The second-order valence-electron chi connectivity index (χ2n) is 6.83. The van der Waals surface area contributed by atoms with Gasteiger partial charge in [0.1, 0.15) is 0 Å². The Hall–Kier alpha value is 0.120. The van der Waals surface area contributed by atoms with Gasteiger partial charge in [-0.3, -0.25) is 6.08 Å². The van der Waals surface area contributed by atoms with Crippen LogP contribution in [-0.4, -0.2) is 9.52 Å².